The van der Waals surface area contributed by atoms with Crippen molar-refractivity contribution < 1.29 is 58.2 Å². The summed E-state index contributed by atoms with van der Waals surface area (Å²) < 4.78 is 28.5. The van der Waals surface area contributed by atoms with Gasteiger partial charge in [0.1, 0.15) is 18.8 Å². The molecule has 1 rings (SSSR count). The van der Waals surface area contributed by atoms with Crippen LogP contribution in [0.1, 0.15) is 303 Å². The Hall–Kier alpha value is -2.80. The molecule has 0 bridgehead atoms. The molecule has 0 aromatic carbocycles. The maximum absolute atomic E-state index is 13.2. The van der Waals surface area contributed by atoms with Crippen LogP contribution in [0.25, 0.3) is 0 Å². The van der Waals surface area contributed by atoms with Gasteiger partial charge in [-0.15, -0.1) is 0 Å². The summed E-state index contributed by atoms with van der Waals surface area (Å²) in [7, 11) is 0. The standard InChI is InChI=1S/C63H114O12/c1-4-7-10-13-16-19-21-23-25-27-28-30-31-33-35-38-40-43-46-49-55(64)71-52-54(73-56(65)50-47-44-42-39-36-34-32-29-26-24-22-20-17-14-11-8-5-2)53-72-63-61(59(68)58(67)60(75-63)62(69)70)74-57(66)51-48-45-41-37-18-15-12-9-6-3/h16,19,23,25,54,58-61,63,67-68H,4-15,17-18,20-22,24,26-53H2,1-3H3,(H,69,70)/b19-16-,25-23-. The van der Waals surface area contributed by atoms with E-state index in [1.807, 2.05) is 0 Å². The topological polar surface area (TPSA) is 175 Å². The Morgan fingerprint density at radius 3 is 1.23 bits per heavy atom. The summed E-state index contributed by atoms with van der Waals surface area (Å²) in [5.41, 5.74) is 0. The molecule has 0 aromatic heterocycles. The largest absolute Gasteiger partial charge is 0.479 e. The number of ether oxygens (including phenoxy) is 5. The van der Waals surface area contributed by atoms with Gasteiger partial charge in [-0.2, -0.15) is 0 Å². The summed E-state index contributed by atoms with van der Waals surface area (Å²) in [5.74, 6) is -3.09. The lowest BCUT2D eigenvalue weighted by Crippen LogP contribution is -2.61. The van der Waals surface area contributed by atoms with Crippen LogP contribution in [0.15, 0.2) is 24.3 Å². The van der Waals surface area contributed by atoms with Gasteiger partial charge in [0.25, 0.3) is 0 Å². The van der Waals surface area contributed by atoms with Crippen molar-refractivity contribution in [1.82, 2.24) is 0 Å². The molecule has 0 radical (unpaired) electrons. The number of rotatable bonds is 54. The number of carboxylic acid groups (broad SMARTS) is 1. The maximum Gasteiger partial charge on any atom is 0.335 e. The van der Waals surface area contributed by atoms with E-state index >= 15 is 0 Å². The van der Waals surface area contributed by atoms with Crippen LogP contribution in [0.4, 0.5) is 0 Å². The van der Waals surface area contributed by atoms with Crippen molar-refractivity contribution in [2.24, 2.45) is 0 Å². The molecule has 0 saturated carbocycles. The first-order valence-electron chi connectivity index (χ1n) is 31.3. The van der Waals surface area contributed by atoms with E-state index in [9.17, 15) is 34.5 Å². The molecular formula is C63H114O12. The summed E-state index contributed by atoms with van der Waals surface area (Å²) >= 11 is 0. The minimum atomic E-state index is -1.90. The van der Waals surface area contributed by atoms with Gasteiger partial charge in [-0.05, 0) is 51.4 Å². The van der Waals surface area contributed by atoms with Crippen LogP contribution in [-0.4, -0.2) is 89.2 Å². The number of carboxylic acids is 1. The smallest absolute Gasteiger partial charge is 0.335 e. The minimum absolute atomic E-state index is 0.0655. The van der Waals surface area contributed by atoms with E-state index in [0.29, 0.717) is 19.3 Å². The zero-order valence-electron chi connectivity index (χ0n) is 48.3. The van der Waals surface area contributed by atoms with Gasteiger partial charge >= 0.3 is 23.9 Å². The van der Waals surface area contributed by atoms with E-state index in [4.69, 9.17) is 23.7 Å². The molecule has 1 saturated heterocycles. The zero-order chi connectivity index (χ0) is 54.7. The third kappa shape index (κ3) is 41.9. The molecule has 1 aliphatic heterocycles. The van der Waals surface area contributed by atoms with Crippen molar-refractivity contribution in [2.75, 3.05) is 13.2 Å². The van der Waals surface area contributed by atoms with Gasteiger partial charge < -0.3 is 39.0 Å². The van der Waals surface area contributed by atoms with Crippen LogP contribution in [0.5, 0.6) is 0 Å². The molecule has 75 heavy (non-hydrogen) atoms. The molecule has 6 atom stereocenters. The monoisotopic (exact) mass is 1060 g/mol. The molecule has 3 N–H and O–H groups in total. The highest BCUT2D eigenvalue weighted by Gasteiger charge is 2.50. The number of carbonyl (C=O) groups excluding carboxylic acids is 3. The number of hydrogen-bond donors (Lipinski definition) is 3. The third-order valence-electron chi connectivity index (χ3n) is 14.5. The van der Waals surface area contributed by atoms with Crippen LogP contribution in [-0.2, 0) is 42.9 Å². The van der Waals surface area contributed by atoms with Gasteiger partial charge in [-0.3, -0.25) is 14.4 Å². The number of aliphatic carboxylic acids is 1. The third-order valence-corrected chi connectivity index (χ3v) is 14.5. The lowest BCUT2D eigenvalue weighted by molar-refractivity contribution is -0.301. The molecule has 0 aliphatic carbocycles. The van der Waals surface area contributed by atoms with Gasteiger partial charge in [-0.1, -0.05) is 257 Å². The quantitative estimate of drug-likeness (QED) is 0.0228. The molecule has 0 aromatic rings. The van der Waals surface area contributed by atoms with E-state index in [0.717, 1.165) is 77.0 Å². The molecule has 1 heterocycles. The first kappa shape index (κ1) is 70.2. The fourth-order valence-corrected chi connectivity index (χ4v) is 9.69. The van der Waals surface area contributed by atoms with Crippen LogP contribution in [0.3, 0.4) is 0 Å². The molecular weight excluding hydrogens is 949 g/mol. The minimum Gasteiger partial charge on any atom is -0.479 e. The van der Waals surface area contributed by atoms with Crippen molar-refractivity contribution in [2.45, 2.75) is 340 Å². The highest BCUT2D eigenvalue weighted by atomic mass is 16.7. The predicted molar refractivity (Wildman–Crippen MR) is 303 cm³/mol. The molecule has 6 unspecified atom stereocenters. The second kappa shape index (κ2) is 51.9. The fourth-order valence-electron chi connectivity index (χ4n) is 9.69. The van der Waals surface area contributed by atoms with Gasteiger partial charge in [0.05, 0.1) is 6.61 Å². The Balaban J connectivity index is 2.62. The Bertz CT molecular complexity index is 1400. The van der Waals surface area contributed by atoms with Crippen molar-refractivity contribution in [1.29, 1.82) is 0 Å². The lowest BCUT2D eigenvalue weighted by atomic mass is 9.98. The molecule has 12 heteroatoms. The summed E-state index contributed by atoms with van der Waals surface area (Å²) in [4.78, 5) is 51.1. The average Bonchev–Trinajstić information content (AvgIpc) is 3.39. The van der Waals surface area contributed by atoms with Crippen LogP contribution in [0.2, 0.25) is 0 Å². The Morgan fingerprint density at radius 2 is 0.800 bits per heavy atom. The molecule has 1 aliphatic rings. The van der Waals surface area contributed by atoms with Crippen molar-refractivity contribution >= 4 is 23.9 Å². The molecule has 0 amide bonds. The van der Waals surface area contributed by atoms with E-state index in [2.05, 4.69) is 45.1 Å². The molecule has 12 nitrogen and oxygen atoms in total. The first-order valence-corrected chi connectivity index (χ1v) is 31.3. The number of aliphatic hydroxyl groups excluding tert-OH is 2. The number of aliphatic hydroxyl groups is 2. The van der Waals surface area contributed by atoms with Crippen molar-refractivity contribution in [3.63, 3.8) is 0 Å². The van der Waals surface area contributed by atoms with Crippen LogP contribution >= 0.6 is 0 Å². The maximum atomic E-state index is 13.2. The van der Waals surface area contributed by atoms with Gasteiger partial charge in [0.15, 0.2) is 24.6 Å². The molecule has 1 fully saturated rings. The second-order valence-electron chi connectivity index (χ2n) is 21.7. The van der Waals surface area contributed by atoms with E-state index in [-0.39, 0.29) is 25.9 Å². The zero-order valence-corrected chi connectivity index (χ0v) is 48.3. The number of allylic oxidation sites excluding steroid dienone is 4. The van der Waals surface area contributed by atoms with Crippen LogP contribution in [0, 0.1) is 0 Å². The Morgan fingerprint density at radius 1 is 0.440 bits per heavy atom. The van der Waals surface area contributed by atoms with Crippen molar-refractivity contribution in [3.05, 3.63) is 24.3 Å². The molecule has 438 valence electrons. The lowest BCUT2D eigenvalue weighted by Gasteiger charge is -2.40. The summed E-state index contributed by atoms with van der Waals surface area (Å²) in [6.45, 7) is 5.97. The average molecular weight is 1060 g/mol. The first-order chi connectivity index (χ1) is 36.6. The van der Waals surface area contributed by atoms with Gasteiger partial charge in [-0.25, -0.2) is 4.79 Å². The number of hydrogen-bond acceptors (Lipinski definition) is 11. The van der Waals surface area contributed by atoms with Gasteiger partial charge in [0.2, 0.25) is 0 Å². The highest BCUT2D eigenvalue weighted by molar-refractivity contribution is 5.74. The summed E-state index contributed by atoms with van der Waals surface area (Å²) in [6.07, 6.45) is 47.3. The Kier molecular flexibility index (Phi) is 48.6. The number of unbranched alkanes of at least 4 members (excludes halogenated alkanes) is 36. The summed E-state index contributed by atoms with van der Waals surface area (Å²) in [6, 6.07) is 0. The number of carbonyl (C=O) groups is 4. The fraction of sp³-hybridized carbons (Fsp3) is 0.873. The van der Waals surface area contributed by atoms with E-state index in [1.54, 1.807) is 0 Å². The predicted octanol–water partition coefficient (Wildman–Crippen LogP) is 16.2. The van der Waals surface area contributed by atoms with E-state index < -0.39 is 67.3 Å². The molecule has 0 spiro atoms. The SMILES string of the molecule is CCCCC/C=C\C/C=C\CCCCCCCCCCCC(=O)OCC(COC1OC(C(=O)O)C(O)C(O)C1OC(=O)CCCCCCCCCCC)OC(=O)CCCCCCCCCCCCCCCCCCC. The summed E-state index contributed by atoms with van der Waals surface area (Å²) in [5, 5.41) is 31.4. The van der Waals surface area contributed by atoms with Crippen LogP contribution < -0.4 is 0 Å². The second-order valence-corrected chi connectivity index (χ2v) is 21.7. The van der Waals surface area contributed by atoms with Gasteiger partial charge in [0, 0.05) is 19.3 Å². The van der Waals surface area contributed by atoms with Crippen molar-refractivity contribution in [3.8, 4) is 0 Å². The van der Waals surface area contributed by atoms with E-state index in [1.165, 1.54) is 167 Å². The normalized spacial score (nSPS) is 18.2. The number of esters is 3. The Labute approximate surface area is 458 Å². The highest BCUT2D eigenvalue weighted by Crippen LogP contribution is 2.27.